The number of anilines is 1. The van der Waals surface area contributed by atoms with Crippen LogP contribution in [0.3, 0.4) is 0 Å². The summed E-state index contributed by atoms with van der Waals surface area (Å²) in [4.78, 5) is 14.7. The van der Waals surface area contributed by atoms with Crippen LogP contribution >= 0.6 is 0 Å². The van der Waals surface area contributed by atoms with Gasteiger partial charge in [-0.25, -0.2) is 0 Å². The first-order chi connectivity index (χ1) is 10.3. The highest BCUT2D eigenvalue weighted by Crippen LogP contribution is 2.36. The van der Waals surface area contributed by atoms with Crippen molar-refractivity contribution in [2.24, 2.45) is 5.92 Å². The van der Waals surface area contributed by atoms with Crippen LogP contribution in [0, 0.1) is 5.92 Å². The van der Waals surface area contributed by atoms with Crippen molar-refractivity contribution in [2.75, 3.05) is 18.4 Å². The highest BCUT2D eigenvalue weighted by atomic mass is 16.2. The van der Waals surface area contributed by atoms with Crippen molar-refractivity contribution in [3.8, 4) is 0 Å². The van der Waals surface area contributed by atoms with Gasteiger partial charge in [0.2, 0.25) is 0 Å². The lowest BCUT2D eigenvalue weighted by atomic mass is 9.85. The fourth-order valence-corrected chi connectivity index (χ4v) is 3.60. The van der Waals surface area contributed by atoms with E-state index in [-0.39, 0.29) is 5.91 Å². The standard InChI is InChI=1S/C16H24N4O/c1-2-10-17-15-8-7-13(18-19-15)16(21)20-11-9-12-5-3-4-6-14(12)20/h7-8,12,14H,2-6,9-11H2,1H3,(H,17,19). The summed E-state index contributed by atoms with van der Waals surface area (Å²) in [6, 6.07) is 4.08. The van der Waals surface area contributed by atoms with Gasteiger partial charge in [0.25, 0.3) is 5.91 Å². The molecule has 1 aliphatic heterocycles. The third kappa shape index (κ3) is 3.01. The summed E-state index contributed by atoms with van der Waals surface area (Å²) in [6.07, 6.45) is 7.19. The first-order valence-corrected chi connectivity index (χ1v) is 8.18. The summed E-state index contributed by atoms with van der Waals surface area (Å²) in [5, 5.41) is 11.4. The van der Waals surface area contributed by atoms with Crippen molar-refractivity contribution in [3.05, 3.63) is 17.8 Å². The number of amides is 1. The van der Waals surface area contributed by atoms with Crippen molar-refractivity contribution in [2.45, 2.75) is 51.5 Å². The molecule has 1 aromatic heterocycles. The van der Waals surface area contributed by atoms with Crippen molar-refractivity contribution < 1.29 is 4.79 Å². The van der Waals surface area contributed by atoms with Crippen molar-refractivity contribution in [1.29, 1.82) is 0 Å². The third-order valence-electron chi connectivity index (χ3n) is 4.71. The van der Waals surface area contributed by atoms with E-state index in [1.54, 1.807) is 6.07 Å². The van der Waals surface area contributed by atoms with E-state index in [0.29, 0.717) is 17.7 Å². The Morgan fingerprint density at radius 3 is 2.90 bits per heavy atom. The number of likely N-dealkylation sites (tertiary alicyclic amines) is 1. The molecule has 1 aliphatic carbocycles. The highest BCUT2D eigenvalue weighted by Gasteiger charge is 2.38. The number of hydrogen-bond donors (Lipinski definition) is 1. The number of carbonyl (C=O) groups excluding carboxylic acids is 1. The Balaban J connectivity index is 1.67. The molecule has 2 unspecified atom stereocenters. The fraction of sp³-hybridized carbons (Fsp3) is 0.688. The average Bonchev–Trinajstić information content (AvgIpc) is 2.97. The molecule has 5 heteroatoms. The zero-order valence-corrected chi connectivity index (χ0v) is 12.7. The molecule has 1 saturated carbocycles. The summed E-state index contributed by atoms with van der Waals surface area (Å²) in [5.74, 6) is 1.51. The maximum atomic E-state index is 12.6. The molecule has 5 nitrogen and oxygen atoms in total. The molecule has 3 rings (SSSR count). The smallest absolute Gasteiger partial charge is 0.274 e. The molecule has 1 aromatic rings. The Morgan fingerprint density at radius 2 is 2.14 bits per heavy atom. The minimum absolute atomic E-state index is 0.0546. The van der Waals surface area contributed by atoms with E-state index in [0.717, 1.165) is 38.2 Å². The molecule has 2 aliphatic rings. The van der Waals surface area contributed by atoms with Gasteiger partial charge in [0, 0.05) is 19.1 Å². The van der Waals surface area contributed by atoms with Crippen molar-refractivity contribution >= 4 is 11.7 Å². The van der Waals surface area contributed by atoms with E-state index in [9.17, 15) is 4.79 Å². The normalized spacial score (nSPS) is 24.7. The van der Waals surface area contributed by atoms with Crippen LogP contribution in [-0.2, 0) is 0 Å². The Labute approximate surface area is 126 Å². The zero-order chi connectivity index (χ0) is 14.7. The maximum Gasteiger partial charge on any atom is 0.274 e. The molecular weight excluding hydrogens is 264 g/mol. The Bertz CT molecular complexity index is 488. The van der Waals surface area contributed by atoms with Gasteiger partial charge in [0.05, 0.1) is 0 Å². The topological polar surface area (TPSA) is 58.1 Å². The van der Waals surface area contributed by atoms with Gasteiger partial charge in [0.1, 0.15) is 5.82 Å². The van der Waals surface area contributed by atoms with Crippen LogP contribution < -0.4 is 5.32 Å². The van der Waals surface area contributed by atoms with Gasteiger partial charge in [-0.2, -0.15) is 0 Å². The van der Waals surface area contributed by atoms with E-state index in [2.05, 4.69) is 22.4 Å². The minimum atomic E-state index is 0.0546. The summed E-state index contributed by atoms with van der Waals surface area (Å²) in [6.45, 7) is 3.86. The van der Waals surface area contributed by atoms with Crippen LogP contribution in [0.15, 0.2) is 12.1 Å². The highest BCUT2D eigenvalue weighted by molar-refractivity contribution is 5.92. The lowest BCUT2D eigenvalue weighted by Crippen LogP contribution is -2.39. The Hall–Kier alpha value is -1.65. The first-order valence-electron chi connectivity index (χ1n) is 8.18. The number of hydrogen-bond acceptors (Lipinski definition) is 4. The van der Waals surface area contributed by atoms with Gasteiger partial charge in [-0.05, 0) is 43.7 Å². The maximum absolute atomic E-state index is 12.6. The number of nitrogens with one attached hydrogen (secondary N) is 1. The van der Waals surface area contributed by atoms with Crippen LogP contribution in [-0.4, -0.2) is 40.1 Å². The molecule has 0 bridgehead atoms. The van der Waals surface area contributed by atoms with E-state index in [4.69, 9.17) is 0 Å². The van der Waals surface area contributed by atoms with Crippen LogP contribution in [0.5, 0.6) is 0 Å². The number of nitrogens with zero attached hydrogens (tertiary/aromatic N) is 3. The predicted octanol–water partition coefficient (Wildman–Crippen LogP) is 2.70. The van der Waals surface area contributed by atoms with E-state index < -0.39 is 0 Å². The molecule has 1 N–H and O–H groups in total. The number of aromatic nitrogens is 2. The molecule has 0 aromatic carbocycles. The molecule has 114 valence electrons. The van der Waals surface area contributed by atoms with Gasteiger partial charge < -0.3 is 10.2 Å². The van der Waals surface area contributed by atoms with Crippen molar-refractivity contribution in [1.82, 2.24) is 15.1 Å². The van der Waals surface area contributed by atoms with E-state index in [1.807, 2.05) is 11.0 Å². The van der Waals surface area contributed by atoms with Gasteiger partial charge in [-0.15, -0.1) is 10.2 Å². The Kier molecular flexibility index (Phi) is 4.36. The molecule has 0 radical (unpaired) electrons. The SMILES string of the molecule is CCCNc1ccc(C(=O)N2CCC3CCCCC32)nn1. The molecule has 2 atom stereocenters. The van der Waals surface area contributed by atoms with Gasteiger partial charge in [-0.1, -0.05) is 19.8 Å². The summed E-state index contributed by atoms with van der Waals surface area (Å²) in [5.41, 5.74) is 0.475. The molecule has 2 heterocycles. The minimum Gasteiger partial charge on any atom is -0.369 e. The lowest BCUT2D eigenvalue weighted by molar-refractivity contribution is 0.0683. The fourth-order valence-electron chi connectivity index (χ4n) is 3.60. The summed E-state index contributed by atoms with van der Waals surface area (Å²) >= 11 is 0. The number of fused-ring (bicyclic) bond motifs is 1. The third-order valence-corrected chi connectivity index (χ3v) is 4.71. The quantitative estimate of drug-likeness (QED) is 0.925. The number of carbonyl (C=O) groups is 1. The molecule has 1 saturated heterocycles. The molecule has 0 spiro atoms. The van der Waals surface area contributed by atoms with Crippen LogP contribution in [0.2, 0.25) is 0 Å². The Morgan fingerprint density at radius 1 is 1.29 bits per heavy atom. The van der Waals surface area contributed by atoms with Gasteiger partial charge >= 0.3 is 0 Å². The van der Waals surface area contributed by atoms with E-state index >= 15 is 0 Å². The average molecular weight is 288 g/mol. The lowest BCUT2D eigenvalue weighted by Gasteiger charge is -2.31. The largest absolute Gasteiger partial charge is 0.369 e. The molecular formula is C16H24N4O. The monoisotopic (exact) mass is 288 g/mol. The molecule has 1 amide bonds. The van der Waals surface area contributed by atoms with E-state index in [1.165, 1.54) is 19.3 Å². The second kappa shape index (κ2) is 6.41. The zero-order valence-electron chi connectivity index (χ0n) is 12.7. The van der Waals surface area contributed by atoms with Crippen LogP contribution in [0.25, 0.3) is 0 Å². The second-order valence-corrected chi connectivity index (χ2v) is 6.13. The first kappa shape index (κ1) is 14.3. The second-order valence-electron chi connectivity index (χ2n) is 6.13. The predicted molar refractivity (Wildman–Crippen MR) is 82.2 cm³/mol. The van der Waals surface area contributed by atoms with Gasteiger partial charge in [-0.3, -0.25) is 4.79 Å². The molecule has 21 heavy (non-hydrogen) atoms. The summed E-state index contributed by atoms with van der Waals surface area (Å²) < 4.78 is 0. The van der Waals surface area contributed by atoms with Crippen LogP contribution in [0.1, 0.15) is 55.9 Å². The number of rotatable bonds is 4. The van der Waals surface area contributed by atoms with Crippen LogP contribution in [0.4, 0.5) is 5.82 Å². The van der Waals surface area contributed by atoms with Gasteiger partial charge in [0.15, 0.2) is 5.69 Å². The molecule has 2 fully saturated rings. The summed E-state index contributed by atoms with van der Waals surface area (Å²) in [7, 11) is 0. The van der Waals surface area contributed by atoms with Crippen molar-refractivity contribution in [3.63, 3.8) is 0 Å².